The number of methoxy groups -OCH3 is 1. The van der Waals surface area contributed by atoms with Crippen LogP contribution in [0.5, 0.6) is 5.75 Å². The molecule has 5 heteroatoms. The first-order chi connectivity index (χ1) is 7.45. The van der Waals surface area contributed by atoms with Gasteiger partial charge in [-0.25, -0.2) is 0 Å². The Labute approximate surface area is 94.6 Å². The summed E-state index contributed by atoms with van der Waals surface area (Å²) in [5, 5.41) is 13.7. The van der Waals surface area contributed by atoms with Gasteiger partial charge in [0, 0.05) is 30.5 Å². The summed E-state index contributed by atoms with van der Waals surface area (Å²) in [5.74, 6) is 0.726. The molecule has 1 rings (SSSR count). The zero-order valence-electron chi connectivity index (χ0n) is 9.69. The van der Waals surface area contributed by atoms with Crippen molar-refractivity contribution in [3.05, 3.63) is 34.4 Å². The van der Waals surface area contributed by atoms with Crippen molar-refractivity contribution in [1.82, 2.24) is 0 Å². The molecule has 0 fully saturated rings. The van der Waals surface area contributed by atoms with Crippen molar-refractivity contribution in [2.24, 2.45) is 0 Å². The molecule has 0 spiro atoms. The Hall–Kier alpha value is -1.78. The van der Waals surface area contributed by atoms with Gasteiger partial charge in [0.05, 0.1) is 13.7 Å². The predicted octanol–water partition coefficient (Wildman–Crippen LogP) is 2.16. The van der Waals surface area contributed by atoms with E-state index >= 15 is 0 Å². The molecule has 88 valence electrons. The third-order valence-electron chi connectivity index (χ3n) is 2.29. The molecule has 0 atom stereocenters. The molecule has 1 N–H and O–H groups in total. The van der Waals surface area contributed by atoms with Gasteiger partial charge in [0.2, 0.25) is 5.54 Å². The summed E-state index contributed by atoms with van der Waals surface area (Å²) in [6.07, 6.45) is 0. The second kappa shape index (κ2) is 4.83. The Bertz CT molecular complexity index is 377. The number of nitrogens with one attached hydrogen (secondary N) is 1. The number of rotatable bonds is 5. The summed E-state index contributed by atoms with van der Waals surface area (Å²) in [6, 6.07) is 7.30. The van der Waals surface area contributed by atoms with Crippen LogP contribution in [-0.4, -0.2) is 24.1 Å². The molecule has 0 aliphatic rings. The van der Waals surface area contributed by atoms with Gasteiger partial charge in [-0.05, 0) is 12.1 Å². The zero-order chi connectivity index (χ0) is 12.2. The fourth-order valence-electron chi connectivity index (χ4n) is 1.12. The van der Waals surface area contributed by atoms with Crippen molar-refractivity contribution in [3.63, 3.8) is 0 Å². The fraction of sp³-hybridized carbons (Fsp3) is 0.455. The molecule has 1 aromatic carbocycles. The van der Waals surface area contributed by atoms with E-state index in [-0.39, 0.29) is 11.5 Å². The molecular formula is C11H16N2O3. The van der Waals surface area contributed by atoms with Crippen molar-refractivity contribution >= 4 is 5.69 Å². The molecule has 5 nitrogen and oxygen atoms in total. The molecule has 0 aromatic heterocycles. The third kappa shape index (κ3) is 3.12. The van der Waals surface area contributed by atoms with E-state index < -0.39 is 5.54 Å². The second-order valence-corrected chi connectivity index (χ2v) is 4.16. The molecule has 1 aromatic rings. The Morgan fingerprint density at radius 1 is 1.50 bits per heavy atom. The predicted molar refractivity (Wildman–Crippen MR) is 62.6 cm³/mol. The normalized spacial score (nSPS) is 10.9. The Morgan fingerprint density at radius 3 is 2.75 bits per heavy atom. The van der Waals surface area contributed by atoms with Crippen LogP contribution in [0.15, 0.2) is 24.3 Å². The summed E-state index contributed by atoms with van der Waals surface area (Å²) >= 11 is 0. The minimum Gasteiger partial charge on any atom is -0.497 e. The number of nitro groups is 1. The zero-order valence-corrected chi connectivity index (χ0v) is 9.69. The highest BCUT2D eigenvalue weighted by molar-refractivity contribution is 5.48. The first-order valence-corrected chi connectivity index (χ1v) is 4.98. The molecule has 16 heavy (non-hydrogen) atoms. The van der Waals surface area contributed by atoms with Crippen LogP contribution < -0.4 is 10.1 Å². The van der Waals surface area contributed by atoms with Crippen molar-refractivity contribution in [2.75, 3.05) is 19.0 Å². The lowest BCUT2D eigenvalue weighted by Gasteiger charge is -2.17. The van der Waals surface area contributed by atoms with Gasteiger partial charge in [-0.3, -0.25) is 10.1 Å². The van der Waals surface area contributed by atoms with Crippen molar-refractivity contribution in [3.8, 4) is 5.75 Å². The lowest BCUT2D eigenvalue weighted by atomic mass is 10.1. The fourth-order valence-corrected chi connectivity index (χ4v) is 1.12. The van der Waals surface area contributed by atoms with Gasteiger partial charge in [-0.15, -0.1) is 0 Å². The largest absolute Gasteiger partial charge is 0.497 e. The number of nitrogens with zero attached hydrogens (tertiary/aromatic N) is 1. The molecule has 0 bridgehead atoms. The van der Waals surface area contributed by atoms with E-state index in [4.69, 9.17) is 4.74 Å². The molecule has 0 saturated carbocycles. The molecule has 0 aliphatic carbocycles. The first-order valence-electron chi connectivity index (χ1n) is 4.98. The topological polar surface area (TPSA) is 64.4 Å². The number of benzene rings is 1. The monoisotopic (exact) mass is 224 g/mol. The quantitative estimate of drug-likeness (QED) is 0.615. The van der Waals surface area contributed by atoms with Crippen molar-refractivity contribution in [2.45, 2.75) is 19.4 Å². The Balaban J connectivity index is 2.64. The average molecular weight is 224 g/mol. The minimum absolute atomic E-state index is 0.271. The molecule has 0 unspecified atom stereocenters. The average Bonchev–Trinajstić information content (AvgIpc) is 2.26. The van der Waals surface area contributed by atoms with Crippen LogP contribution in [0.3, 0.4) is 0 Å². The highest BCUT2D eigenvalue weighted by Gasteiger charge is 2.30. The van der Waals surface area contributed by atoms with Gasteiger partial charge < -0.3 is 10.1 Å². The molecular weight excluding hydrogens is 208 g/mol. The first kappa shape index (κ1) is 12.3. The van der Waals surface area contributed by atoms with Gasteiger partial charge in [0.15, 0.2) is 0 Å². The highest BCUT2D eigenvalue weighted by atomic mass is 16.6. The van der Waals surface area contributed by atoms with E-state index in [0.717, 1.165) is 11.4 Å². The SMILES string of the molecule is COc1cccc(NCC(C)(C)[N+](=O)[O-])c1. The summed E-state index contributed by atoms with van der Waals surface area (Å²) in [6.45, 7) is 3.44. The van der Waals surface area contributed by atoms with Crippen LogP contribution in [-0.2, 0) is 0 Å². The maximum atomic E-state index is 10.7. The third-order valence-corrected chi connectivity index (χ3v) is 2.29. The van der Waals surface area contributed by atoms with E-state index in [0.29, 0.717) is 0 Å². The minimum atomic E-state index is -0.983. The van der Waals surface area contributed by atoms with E-state index in [2.05, 4.69) is 5.32 Å². The Kier molecular flexibility index (Phi) is 3.71. The van der Waals surface area contributed by atoms with Crippen molar-refractivity contribution in [1.29, 1.82) is 0 Å². The van der Waals surface area contributed by atoms with Crippen LogP contribution in [0.2, 0.25) is 0 Å². The van der Waals surface area contributed by atoms with Crippen LogP contribution in [0.1, 0.15) is 13.8 Å². The number of hydrogen-bond donors (Lipinski definition) is 1. The summed E-state index contributed by atoms with van der Waals surface area (Å²) in [7, 11) is 1.58. The number of hydrogen-bond acceptors (Lipinski definition) is 4. The summed E-state index contributed by atoms with van der Waals surface area (Å²) in [5.41, 5.74) is -0.169. The number of ether oxygens (including phenoxy) is 1. The van der Waals surface area contributed by atoms with Crippen molar-refractivity contribution < 1.29 is 9.66 Å². The van der Waals surface area contributed by atoms with Gasteiger partial charge in [-0.2, -0.15) is 0 Å². The maximum absolute atomic E-state index is 10.7. The van der Waals surface area contributed by atoms with Gasteiger partial charge in [0.1, 0.15) is 5.75 Å². The van der Waals surface area contributed by atoms with Crippen LogP contribution in [0.25, 0.3) is 0 Å². The Morgan fingerprint density at radius 2 is 2.19 bits per heavy atom. The van der Waals surface area contributed by atoms with E-state index in [1.54, 1.807) is 27.0 Å². The maximum Gasteiger partial charge on any atom is 0.233 e. The molecule has 0 amide bonds. The van der Waals surface area contributed by atoms with Crippen LogP contribution >= 0.6 is 0 Å². The van der Waals surface area contributed by atoms with Gasteiger partial charge >= 0.3 is 0 Å². The van der Waals surface area contributed by atoms with Crippen LogP contribution in [0.4, 0.5) is 5.69 Å². The lowest BCUT2D eigenvalue weighted by Crippen LogP contribution is -2.38. The highest BCUT2D eigenvalue weighted by Crippen LogP contribution is 2.18. The summed E-state index contributed by atoms with van der Waals surface area (Å²) < 4.78 is 5.06. The molecule has 0 heterocycles. The number of anilines is 1. The second-order valence-electron chi connectivity index (χ2n) is 4.16. The summed E-state index contributed by atoms with van der Waals surface area (Å²) in [4.78, 5) is 10.4. The van der Waals surface area contributed by atoms with Crippen LogP contribution in [0, 0.1) is 10.1 Å². The molecule has 0 radical (unpaired) electrons. The van der Waals surface area contributed by atoms with E-state index in [1.165, 1.54) is 0 Å². The smallest absolute Gasteiger partial charge is 0.233 e. The standard InChI is InChI=1S/C11H16N2O3/c1-11(2,13(14)15)8-12-9-5-4-6-10(7-9)16-3/h4-7,12H,8H2,1-3H3. The molecule has 0 saturated heterocycles. The molecule has 0 aliphatic heterocycles. The lowest BCUT2D eigenvalue weighted by molar-refractivity contribution is -0.556. The van der Waals surface area contributed by atoms with Gasteiger partial charge in [-0.1, -0.05) is 6.07 Å². The van der Waals surface area contributed by atoms with Gasteiger partial charge in [0.25, 0.3) is 0 Å². The van der Waals surface area contributed by atoms with E-state index in [1.807, 2.05) is 18.2 Å². The van der Waals surface area contributed by atoms with E-state index in [9.17, 15) is 10.1 Å².